The van der Waals surface area contributed by atoms with Crippen molar-refractivity contribution in [3.05, 3.63) is 30.1 Å². The van der Waals surface area contributed by atoms with Crippen LogP contribution in [0.4, 0.5) is 0 Å². The summed E-state index contributed by atoms with van der Waals surface area (Å²) in [6, 6.07) is 4.15. The van der Waals surface area contributed by atoms with E-state index in [2.05, 4.69) is 16.0 Å². The van der Waals surface area contributed by atoms with E-state index in [1.54, 1.807) is 0 Å². The fraction of sp³-hybridized carbons (Fsp3) is 0.667. The highest BCUT2D eigenvalue weighted by molar-refractivity contribution is 5.76. The van der Waals surface area contributed by atoms with Crippen molar-refractivity contribution in [1.82, 2.24) is 9.88 Å². The van der Waals surface area contributed by atoms with Crippen LogP contribution in [0.3, 0.4) is 0 Å². The van der Waals surface area contributed by atoms with Gasteiger partial charge in [-0.2, -0.15) is 0 Å². The monoisotopic (exact) mass is 302 g/mol. The van der Waals surface area contributed by atoms with Crippen LogP contribution in [0.15, 0.2) is 24.5 Å². The zero-order valence-electron chi connectivity index (χ0n) is 13.2. The quantitative estimate of drug-likeness (QED) is 0.859. The molecule has 0 saturated carbocycles. The van der Waals surface area contributed by atoms with Crippen LogP contribution in [0, 0.1) is 11.8 Å². The van der Waals surface area contributed by atoms with Gasteiger partial charge in [0.2, 0.25) is 5.91 Å². The Balaban J connectivity index is 1.42. The number of aromatic nitrogens is 1. The fourth-order valence-corrected chi connectivity index (χ4v) is 3.58. The van der Waals surface area contributed by atoms with Crippen molar-refractivity contribution in [2.75, 3.05) is 26.3 Å². The molecule has 0 bridgehead atoms. The molecule has 1 aromatic rings. The number of nitrogens with zero attached hydrogens (tertiary/aromatic N) is 2. The maximum atomic E-state index is 12.4. The van der Waals surface area contributed by atoms with Gasteiger partial charge < -0.3 is 9.64 Å². The van der Waals surface area contributed by atoms with Gasteiger partial charge in [0.25, 0.3) is 0 Å². The molecule has 2 aliphatic rings. The third-order valence-electron chi connectivity index (χ3n) is 4.93. The highest BCUT2D eigenvalue weighted by Gasteiger charge is 2.25. The largest absolute Gasteiger partial charge is 0.381 e. The minimum atomic E-state index is 0.329. The molecule has 1 atom stereocenters. The zero-order valence-corrected chi connectivity index (χ0v) is 13.2. The average molecular weight is 302 g/mol. The third kappa shape index (κ3) is 4.29. The van der Waals surface area contributed by atoms with Crippen LogP contribution in [0.25, 0.3) is 0 Å². The topological polar surface area (TPSA) is 42.4 Å². The molecule has 2 fully saturated rings. The molecule has 0 aliphatic carbocycles. The summed E-state index contributed by atoms with van der Waals surface area (Å²) < 4.78 is 5.48. The molecule has 2 aliphatic heterocycles. The minimum Gasteiger partial charge on any atom is -0.381 e. The van der Waals surface area contributed by atoms with Gasteiger partial charge in [-0.25, -0.2) is 0 Å². The molecule has 3 rings (SSSR count). The molecule has 120 valence electrons. The van der Waals surface area contributed by atoms with Crippen molar-refractivity contribution in [2.24, 2.45) is 11.8 Å². The van der Waals surface area contributed by atoms with Gasteiger partial charge in [0.05, 0.1) is 0 Å². The Bertz CT molecular complexity index is 463. The molecule has 22 heavy (non-hydrogen) atoms. The summed E-state index contributed by atoms with van der Waals surface area (Å²) in [6.07, 6.45) is 10.0. The first kappa shape index (κ1) is 15.5. The maximum Gasteiger partial charge on any atom is 0.222 e. The van der Waals surface area contributed by atoms with Crippen LogP contribution >= 0.6 is 0 Å². The molecular weight excluding hydrogens is 276 g/mol. The number of likely N-dealkylation sites (tertiary alicyclic amines) is 1. The molecule has 0 aromatic carbocycles. The number of piperidine rings is 1. The van der Waals surface area contributed by atoms with Gasteiger partial charge in [0, 0.05) is 45.1 Å². The van der Waals surface area contributed by atoms with Crippen molar-refractivity contribution in [2.45, 2.75) is 38.5 Å². The Kier molecular flexibility index (Phi) is 5.43. The lowest BCUT2D eigenvalue weighted by atomic mass is 9.90. The fourth-order valence-electron chi connectivity index (χ4n) is 3.58. The van der Waals surface area contributed by atoms with Crippen LogP contribution in [0.1, 0.15) is 37.7 Å². The van der Waals surface area contributed by atoms with Crippen molar-refractivity contribution >= 4 is 5.91 Å². The highest BCUT2D eigenvalue weighted by Crippen LogP contribution is 2.24. The number of carbonyl (C=O) groups is 1. The van der Waals surface area contributed by atoms with E-state index in [1.165, 1.54) is 5.56 Å². The summed E-state index contributed by atoms with van der Waals surface area (Å²) in [4.78, 5) is 18.6. The standard InChI is InChI=1S/C18H26N2O2/c21-18(12-17-4-2-10-22-14-17)20-8-5-15(6-9-20)11-16-3-1-7-19-13-16/h1,3,7,13,15,17H,2,4-6,8-12,14H2. The van der Waals surface area contributed by atoms with Gasteiger partial charge in [0.15, 0.2) is 0 Å². The number of hydrogen-bond donors (Lipinski definition) is 0. The Labute approximate surface area is 132 Å². The molecule has 2 saturated heterocycles. The van der Waals surface area contributed by atoms with Crippen LogP contribution in [0.2, 0.25) is 0 Å². The predicted octanol–water partition coefficient (Wildman–Crippen LogP) is 2.68. The lowest BCUT2D eigenvalue weighted by Crippen LogP contribution is -2.40. The summed E-state index contributed by atoms with van der Waals surface area (Å²) >= 11 is 0. The molecule has 1 unspecified atom stereocenters. The van der Waals surface area contributed by atoms with Crippen molar-refractivity contribution in [3.63, 3.8) is 0 Å². The third-order valence-corrected chi connectivity index (χ3v) is 4.93. The Hall–Kier alpha value is -1.42. The minimum absolute atomic E-state index is 0.329. The number of pyridine rings is 1. The molecule has 4 nitrogen and oxygen atoms in total. The molecule has 0 N–H and O–H groups in total. The van der Waals surface area contributed by atoms with E-state index >= 15 is 0 Å². The molecule has 0 spiro atoms. The molecule has 1 amide bonds. The Morgan fingerprint density at radius 1 is 1.27 bits per heavy atom. The highest BCUT2D eigenvalue weighted by atomic mass is 16.5. The Morgan fingerprint density at radius 2 is 2.14 bits per heavy atom. The van der Waals surface area contributed by atoms with Crippen LogP contribution in [-0.4, -0.2) is 42.1 Å². The lowest BCUT2D eigenvalue weighted by Gasteiger charge is -2.33. The summed E-state index contributed by atoms with van der Waals surface area (Å²) in [5.41, 5.74) is 1.31. The van der Waals surface area contributed by atoms with E-state index in [-0.39, 0.29) is 0 Å². The van der Waals surface area contributed by atoms with Gasteiger partial charge in [-0.1, -0.05) is 6.07 Å². The second kappa shape index (κ2) is 7.73. The van der Waals surface area contributed by atoms with Crippen LogP contribution in [0.5, 0.6) is 0 Å². The van der Waals surface area contributed by atoms with Crippen molar-refractivity contribution in [1.29, 1.82) is 0 Å². The van der Waals surface area contributed by atoms with E-state index in [0.717, 1.165) is 58.4 Å². The first-order valence-corrected chi connectivity index (χ1v) is 8.55. The first-order chi connectivity index (χ1) is 10.8. The number of hydrogen-bond acceptors (Lipinski definition) is 3. The maximum absolute atomic E-state index is 12.4. The van der Waals surface area contributed by atoms with E-state index in [0.29, 0.717) is 24.2 Å². The second-order valence-corrected chi connectivity index (χ2v) is 6.68. The van der Waals surface area contributed by atoms with Gasteiger partial charge in [-0.15, -0.1) is 0 Å². The summed E-state index contributed by atoms with van der Waals surface area (Å²) in [5, 5.41) is 0. The van der Waals surface area contributed by atoms with Crippen molar-refractivity contribution < 1.29 is 9.53 Å². The van der Waals surface area contributed by atoms with Crippen LogP contribution < -0.4 is 0 Å². The van der Waals surface area contributed by atoms with E-state index in [4.69, 9.17) is 4.74 Å². The SMILES string of the molecule is O=C(CC1CCCOC1)N1CCC(Cc2cccnc2)CC1. The summed E-state index contributed by atoms with van der Waals surface area (Å²) in [6.45, 7) is 3.46. The molecule has 4 heteroatoms. The Morgan fingerprint density at radius 3 is 2.82 bits per heavy atom. The normalized spacial score (nSPS) is 23.5. The average Bonchev–Trinajstić information content (AvgIpc) is 2.57. The number of amides is 1. The van der Waals surface area contributed by atoms with Gasteiger partial charge in [-0.3, -0.25) is 9.78 Å². The number of ether oxygens (including phenoxy) is 1. The molecule has 1 aromatic heterocycles. The number of carbonyl (C=O) groups excluding carboxylic acids is 1. The number of rotatable bonds is 4. The molecule has 3 heterocycles. The molecule has 0 radical (unpaired) electrons. The smallest absolute Gasteiger partial charge is 0.222 e. The first-order valence-electron chi connectivity index (χ1n) is 8.55. The van der Waals surface area contributed by atoms with E-state index in [9.17, 15) is 4.79 Å². The zero-order chi connectivity index (χ0) is 15.2. The summed E-state index contributed by atoms with van der Waals surface area (Å²) in [5.74, 6) is 1.45. The van der Waals surface area contributed by atoms with Gasteiger partial charge >= 0.3 is 0 Å². The van der Waals surface area contributed by atoms with E-state index < -0.39 is 0 Å². The molecular formula is C18H26N2O2. The van der Waals surface area contributed by atoms with Crippen LogP contribution in [-0.2, 0) is 16.0 Å². The summed E-state index contributed by atoms with van der Waals surface area (Å²) in [7, 11) is 0. The predicted molar refractivity (Wildman–Crippen MR) is 85.4 cm³/mol. The van der Waals surface area contributed by atoms with E-state index in [1.807, 2.05) is 18.5 Å². The van der Waals surface area contributed by atoms with Gasteiger partial charge in [0.1, 0.15) is 0 Å². The lowest BCUT2D eigenvalue weighted by molar-refractivity contribution is -0.134. The van der Waals surface area contributed by atoms with Crippen molar-refractivity contribution in [3.8, 4) is 0 Å². The second-order valence-electron chi connectivity index (χ2n) is 6.68. The van der Waals surface area contributed by atoms with Gasteiger partial charge in [-0.05, 0) is 55.6 Å².